The van der Waals surface area contributed by atoms with E-state index < -0.39 is 17.2 Å². The molecule has 0 spiro atoms. The number of H-pyrrole nitrogens is 1. The average molecular weight is 503 g/mol. The van der Waals surface area contributed by atoms with Gasteiger partial charge in [0.05, 0.1) is 16.9 Å². The summed E-state index contributed by atoms with van der Waals surface area (Å²) in [5.41, 5.74) is 10.1. The zero-order valence-electron chi connectivity index (χ0n) is 21.5. The summed E-state index contributed by atoms with van der Waals surface area (Å²) in [7, 11) is 0. The zero-order chi connectivity index (χ0) is 26.7. The molecule has 10 heteroatoms. The minimum atomic E-state index is -1.17. The lowest BCUT2D eigenvalue weighted by Crippen LogP contribution is -2.35. The molecule has 1 saturated carbocycles. The number of aryl methyl sites for hydroxylation is 1. The number of fused-ring (bicyclic) bond motifs is 1. The molecular formula is C27H30N6O4. The number of nitrogens with zero attached hydrogens (tertiary/aromatic N) is 1. The number of aromatic nitrogens is 2. The molecule has 5 rings (SSSR count). The van der Waals surface area contributed by atoms with Crippen LogP contribution in [0.5, 0.6) is 0 Å². The van der Waals surface area contributed by atoms with E-state index >= 15 is 0 Å². The van der Waals surface area contributed by atoms with E-state index in [1.807, 2.05) is 34.6 Å². The van der Waals surface area contributed by atoms with Gasteiger partial charge >= 0.3 is 0 Å². The number of nitrogen functional groups attached to an aromatic ring is 1. The zero-order valence-corrected chi connectivity index (χ0v) is 21.5. The van der Waals surface area contributed by atoms with Crippen molar-refractivity contribution in [2.45, 2.75) is 52.9 Å². The summed E-state index contributed by atoms with van der Waals surface area (Å²) < 4.78 is 5.32. The van der Waals surface area contributed by atoms with E-state index in [0.29, 0.717) is 46.8 Å². The Labute approximate surface area is 214 Å². The van der Waals surface area contributed by atoms with Crippen LogP contribution in [0.15, 0.2) is 28.8 Å². The maximum absolute atomic E-state index is 13.1. The highest BCUT2D eigenvalue weighted by atomic mass is 16.5. The Bertz CT molecular complexity index is 1480. The van der Waals surface area contributed by atoms with E-state index in [1.54, 1.807) is 30.3 Å². The summed E-state index contributed by atoms with van der Waals surface area (Å²) >= 11 is 0. The largest absolute Gasteiger partial charge is 0.397 e. The predicted octanol–water partition coefficient (Wildman–Crippen LogP) is 4.35. The first-order valence-corrected chi connectivity index (χ1v) is 12.1. The van der Waals surface area contributed by atoms with Gasteiger partial charge in [0, 0.05) is 34.1 Å². The molecule has 1 aliphatic carbocycles. The molecule has 1 aliphatic heterocycles. The highest BCUT2D eigenvalue weighted by Gasteiger charge is 2.56. The molecular weight excluding hydrogens is 472 g/mol. The van der Waals surface area contributed by atoms with Gasteiger partial charge in [-0.3, -0.25) is 14.4 Å². The van der Waals surface area contributed by atoms with Crippen LogP contribution >= 0.6 is 0 Å². The van der Waals surface area contributed by atoms with Gasteiger partial charge in [0.15, 0.2) is 5.82 Å². The molecule has 0 saturated heterocycles. The number of carbonyl (C=O) groups is 3. The third kappa shape index (κ3) is 4.28. The predicted molar refractivity (Wildman–Crippen MR) is 142 cm³/mol. The van der Waals surface area contributed by atoms with Crippen molar-refractivity contribution in [1.29, 1.82) is 0 Å². The molecule has 3 amide bonds. The lowest BCUT2D eigenvalue weighted by molar-refractivity contribution is -0.131. The smallest absolute Gasteiger partial charge is 0.256 e. The minimum absolute atomic E-state index is 0.246. The molecule has 2 aromatic heterocycles. The van der Waals surface area contributed by atoms with Crippen LogP contribution in [0.3, 0.4) is 0 Å². The second-order valence-electron chi connectivity index (χ2n) is 10.8. The Morgan fingerprint density at radius 2 is 1.84 bits per heavy atom. The van der Waals surface area contributed by atoms with Crippen LogP contribution in [0, 0.1) is 19.3 Å². The van der Waals surface area contributed by atoms with Crippen LogP contribution in [0.4, 0.5) is 22.9 Å². The summed E-state index contributed by atoms with van der Waals surface area (Å²) in [6.07, 6.45) is 2.64. The maximum atomic E-state index is 13.1. The van der Waals surface area contributed by atoms with Gasteiger partial charge in [-0.2, -0.15) is 0 Å². The number of rotatable bonds is 5. The Kier molecular flexibility index (Phi) is 5.50. The van der Waals surface area contributed by atoms with Crippen molar-refractivity contribution >= 4 is 52.3 Å². The number of hydrogen-bond donors (Lipinski definition) is 5. The van der Waals surface area contributed by atoms with Gasteiger partial charge in [0.25, 0.3) is 5.91 Å². The van der Waals surface area contributed by atoms with Crippen LogP contribution in [0.2, 0.25) is 0 Å². The maximum Gasteiger partial charge on any atom is 0.256 e. The molecule has 1 aromatic carbocycles. The molecule has 3 heterocycles. The van der Waals surface area contributed by atoms with Crippen LogP contribution in [-0.2, 0) is 19.8 Å². The van der Waals surface area contributed by atoms with Crippen molar-refractivity contribution in [3.63, 3.8) is 0 Å². The normalized spacial score (nSPS) is 16.9. The summed E-state index contributed by atoms with van der Waals surface area (Å²) in [4.78, 5) is 42.0. The van der Waals surface area contributed by atoms with E-state index in [0.717, 1.165) is 17.0 Å². The van der Waals surface area contributed by atoms with Crippen molar-refractivity contribution in [1.82, 2.24) is 10.1 Å². The van der Waals surface area contributed by atoms with Gasteiger partial charge < -0.3 is 31.2 Å². The quantitative estimate of drug-likeness (QED) is 0.258. The number of nitrogens with one attached hydrogen (secondary N) is 4. The second-order valence-corrected chi connectivity index (χ2v) is 10.8. The van der Waals surface area contributed by atoms with Gasteiger partial charge in [-0.1, -0.05) is 32.0 Å². The molecule has 1 fully saturated rings. The van der Waals surface area contributed by atoms with Crippen LogP contribution in [-0.4, -0.2) is 27.9 Å². The molecule has 6 N–H and O–H groups in total. The SMILES string of the molecule is Cc1[nH]c(/C=C2\C(=O)Nc3cc(NC(=O)C4(C(=O)Nc5cc(C(C)(C)C)on5)CC4)ccc32)c(C)c1N. The molecule has 0 bridgehead atoms. The molecule has 192 valence electrons. The van der Waals surface area contributed by atoms with Gasteiger partial charge in [0.2, 0.25) is 11.8 Å². The average Bonchev–Trinajstić information content (AvgIpc) is 3.33. The molecule has 0 atom stereocenters. The highest BCUT2D eigenvalue weighted by Crippen LogP contribution is 2.48. The minimum Gasteiger partial charge on any atom is -0.397 e. The van der Waals surface area contributed by atoms with Crippen molar-refractivity contribution in [2.75, 3.05) is 21.7 Å². The molecule has 3 aromatic rings. The van der Waals surface area contributed by atoms with Crippen molar-refractivity contribution in [3.8, 4) is 0 Å². The number of anilines is 4. The summed E-state index contributed by atoms with van der Waals surface area (Å²) in [6.45, 7) is 9.71. The van der Waals surface area contributed by atoms with Crippen LogP contribution < -0.4 is 21.7 Å². The Balaban J connectivity index is 1.31. The van der Waals surface area contributed by atoms with E-state index in [2.05, 4.69) is 26.1 Å². The number of nitrogens with two attached hydrogens (primary N) is 1. The third-order valence-electron chi connectivity index (χ3n) is 6.99. The van der Waals surface area contributed by atoms with Crippen LogP contribution in [0.1, 0.15) is 61.9 Å². The van der Waals surface area contributed by atoms with Crippen molar-refractivity contribution < 1.29 is 18.9 Å². The molecule has 0 radical (unpaired) electrons. The van der Waals surface area contributed by atoms with Crippen molar-refractivity contribution in [2.24, 2.45) is 5.41 Å². The third-order valence-corrected chi connectivity index (χ3v) is 6.99. The van der Waals surface area contributed by atoms with E-state index in [-0.39, 0.29) is 17.1 Å². The van der Waals surface area contributed by atoms with E-state index in [9.17, 15) is 14.4 Å². The Morgan fingerprint density at radius 3 is 2.43 bits per heavy atom. The summed E-state index contributed by atoms with van der Waals surface area (Å²) in [5, 5.41) is 12.3. The number of hydrogen-bond acceptors (Lipinski definition) is 6. The van der Waals surface area contributed by atoms with Gasteiger partial charge in [-0.05, 0) is 50.5 Å². The van der Waals surface area contributed by atoms with Gasteiger partial charge in [-0.15, -0.1) is 0 Å². The number of aromatic amines is 1. The monoisotopic (exact) mass is 502 g/mol. The van der Waals surface area contributed by atoms with E-state index in [1.165, 1.54) is 0 Å². The fraction of sp³-hybridized carbons (Fsp3) is 0.333. The first-order chi connectivity index (χ1) is 17.4. The summed E-state index contributed by atoms with van der Waals surface area (Å²) in [5.74, 6) is -0.158. The Morgan fingerprint density at radius 1 is 1.14 bits per heavy atom. The lowest BCUT2D eigenvalue weighted by atomic mass is 9.93. The van der Waals surface area contributed by atoms with Gasteiger partial charge in [-0.25, -0.2) is 0 Å². The molecule has 10 nitrogen and oxygen atoms in total. The lowest BCUT2D eigenvalue weighted by Gasteiger charge is -2.15. The number of amides is 3. The Hall–Kier alpha value is -4.34. The second kappa shape index (κ2) is 8.36. The number of benzene rings is 1. The fourth-order valence-electron chi connectivity index (χ4n) is 4.35. The molecule has 37 heavy (non-hydrogen) atoms. The molecule has 2 aliphatic rings. The van der Waals surface area contributed by atoms with Crippen molar-refractivity contribution in [3.05, 3.63) is 52.5 Å². The first-order valence-electron chi connectivity index (χ1n) is 12.1. The number of carbonyl (C=O) groups excluding carboxylic acids is 3. The standard InChI is InChI=1S/C27H30N6O4/c1-13-18(29-14(2)22(13)28)11-17-16-7-6-15(10-19(16)31-23(17)34)30-24(35)27(8-9-27)25(36)32-21-12-20(37-33-21)26(3,4)5/h6-7,10-12,29H,8-9,28H2,1-5H3,(H,30,35)(H,31,34)(H,32,33,36)/b17-11-. The fourth-order valence-corrected chi connectivity index (χ4v) is 4.35. The summed E-state index contributed by atoms with van der Waals surface area (Å²) in [6, 6.07) is 6.85. The highest BCUT2D eigenvalue weighted by molar-refractivity contribution is 6.35. The van der Waals surface area contributed by atoms with Gasteiger partial charge in [0.1, 0.15) is 11.2 Å². The topological polar surface area (TPSA) is 155 Å². The van der Waals surface area contributed by atoms with E-state index in [4.69, 9.17) is 10.3 Å². The van der Waals surface area contributed by atoms with Crippen LogP contribution in [0.25, 0.3) is 11.6 Å². The molecule has 0 unspecified atom stereocenters. The first kappa shape index (κ1) is 24.4.